The van der Waals surface area contributed by atoms with Crippen LogP contribution in [0.5, 0.6) is 5.75 Å². The van der Waals surface area contributed by atoms with Crippen LogP contribution < -0.4 is 4.74 Å². The van der Waals surface area contributed by atoms with Crippen molar-refractivity contribution < 1.29 is 14.2 Å². The highest BCUT2D eigenvalue weighted by molar-refractivity contribution is 5.46. The molecule has 0 aromatic heterocycles. The smallest absolute Gasteiger partial charge is 0.172 e. The molecular weight excluding hydrogens is 173 g/mol. The van der Waals surface area contributed by atoms with Gasteiger partial charge in [-0.05, 0) is 6.07 Å². The van der Waals surface area contributed by atoms with Crippen LogP contribution in [0, 0.1) is 17.1 Å². The van der Waals surface area contributed by atoms with Crippen LogP contribution in [-0.2, 0) is 6.61 Å². The summed E-state index contributed by atoms with van der Waals surface area (Å²) in [6.45, 7) is -0.409. The summed E-state index contributed by atoms with van der Waals surface area (Å²) in [6.07, 6.45) is 0. The molecule has 1 aromatic carbocycles. The molecule has 4 heteroatoms. The number of halogens is 1. The SMILES string of the molecule is COc1c(C#N)ccc(CO)c1F. The van der Waals surface area contributed by atoms with Gasteiger partial charge < -0.3 is 9.84 Å². The minimum absolute atomic E-state index is 0.117. The van der Waals surface area contributed by atoms with Crippen LogP contribution in [0.1, 0.15) is 11.1 Å². The fourth-order valence-corrected chi connectivity index (χ4v) is 1.01. The van der Waals surface area contributed by atoms with Gasteiger partial charge in [0.2, 0.25) is 0 Å². The normalized spacial score (nSPS) is 9.38. The van der Waals surface area contributed by atoms with Crippen molar-refractivity contribution in [2.75, 3.05) is 7.11 Å². The van der Waals surface area contributed by atoms with Crippen LogP contribution in [0.4, 0.5) is 4.39 Å². The summed E-state index contributed by atoms with van der Waals surface area (Å²) in [5.74, 6) is -0.793. The van der Waals surface area contributed by atoms with E-state index < -0.39 is 12.4 Å². The lowest BCUT2D eigenvalue weighted by atomic mass is 10.1. The van der Waals surface area contributed by atoms with Crippen molar-refractivity contribution in [3.05, 3.63) is 29.1 Å². The molecule has 0 saturated carbocycles. The average Bonchev–Trinajstić information content (AvgIpc) is 2.17. The van der Waals surface area contributed by atoms with Gasteiger partial charge in [-0.2, -0.15) is 5.26 Å². The summed E-state index contributed by atoms with van der Waals surface area (Å²) >= 11 is 0. The summed E-state index contributed by atoms with van der Waals surface area (Å²) in [6, 6.07) is 4.56. The molecule has 0 heterocycles. The molecule has 0 amide bonds. The van der Waals surface area contributed by atoms with E-state index in [9.17, 15) is 4.39 Å². The number of nitriles is 1. The Morgan fingerprint density at radius 3 is 2.77 bits per heavy atom. The van der Waals surface area contributed by atoms with Crippen molar-refractivity contribution in [3.63, 3.8) is 0 Å². The molecule has 0 fully saturated rings. The van der Waals surface area contributed by atoms with Gasteiger partial charge in [0, 0.05) is 5.56 Å². The molecule has 1 N–H and O–H groups in total. The van der Waals surface area contributed by atoms with E-state index in [1.54, 1.807) is 6.07 Å². The number of benzene rings is 1. The number of aliphatic hydroxyl groups is 1. The largest absolute Gasteiger partial charge is 0.492 e. The molecule has 3 nitrogen and oxygen atoms in total. The molecule has 0 aliphatic heterocycles. The van der Waals surface area contributed by atoms with Gasteiger partial charge in [-0.15, -0.1) is 0 Å². The number of hydrogen-bond acceptors (Lipinski definition) is 3. The Balaban J connectivity index is 3.34. The monoisotopic (exact) mass is 181 g/mol. The predicted molar refractivity (Wildman–Crippen MR) is 43.6 cm³/mol. The number of hydrogen-bond donors (Lipinski definition) is 1. The maximum absolute atomic E-state index is 13.3. The minimum Gasteiger partial charge on any atom is -0.492 e. The highest BCUT2D eigenvalue weighted by Crippen LogP contribution is 2.24. The van der Waals surface area contributed by atoms with Crippen LogP contribution in [-0.4, -0.2) is 12.2 Å². The predicted octanol–water partition coefficient (Wildman–Crippen LogP) is 1.20. The first kappa shape index (κ1) is 9.49. The lowest BCUT2D eigenvalue weighted by Gasteiger charge is -2.06. The molecule has 0 bridgehead atoms. The van der Waals surface area contributed by atoms with Crippen molar-refractivity contribution in [2.24, 2.45) is 0 Å². The minimum atomic E-state index is -0.677. The van der Waals surface area contributed by atoms with E-state index in [2.05, 4.69) is 0 Å². The van der Waals surface area contributed by atoms with Crippen LogP contribution >= 0.6 is 0 Å². The molecule has 1 aromatic rings. The van der Waals surface area contributed by atoms with E-state index in [0.29, 0.717) is 0 Å². The van der Waals surface area contributed by atoms with Crippen LogP contribution in [0.15, 0.2) is 12.1 Å². The first-order valence-corrected chi connectivity index (χ1v) is 3.61. The number of rotatable bonds is 2. The molecule has 0 aliphatic carbocycles. The van der Waals surface area contributed by atoms with E-state index in [4.69, 9.17) is 15.1 Å². The summed E-state index contributed by atoms with van der Waals surface area (Å²) < 4.78 is 18.0. The third-order valence-electron chi connectivity index (χ3n) is 1.67. The van der Waals surface area contributed by atoms with Crippen molar-refractivity contribution in [1.82, 2.24) is 0 Å². The molecule has 0 atom stereocenters. The van der Waals surface area contributed by atoms with Gasteiger partial charge in [-0.25, -0.2) is 4.39 Å². The van der Waals surface area contributed by atoms with Gasteiger partial charge in [0.25, 0.3) is 0 Å². The summed E-state index contributed by atoms with van der Waals surface area (Å²) in [5.41, 5.74) is 0.244. The Morgan fingerprint density at radius 2 is 2.31 bits per heavy atom. The van der Waals surface area contributed by atoms with Gasteiger partial charge in [-0.3, -0.25) is 0 Å². The maximum atomic E-state index is 13.3. The zero-order valence-corrected chi connectivity index (χ0v) is 7.04. The first-order valence-electron chi connectivity index (χ1n) is 3.61. The molecular formula is C9H8FNO2. The zero-order chi connectivity index (χ0) is 9.84. The molecule has 68 valence electrons. The first-order chi connectivity index (χ1) is 6.24. The second-order valence-corrected chi connectivity index (χ2v) is 2.39. The molecule has 1 rings (SSSR count). The Labute approximate surface area is 75.0 Å². The molecule has 0 radical (unpaired) electrons. The van der Waals surface area contributed by atoms with Gasteiger partial charge in [-0.1, -0.05) is 6.07 Å². The standard InChI is InChI=1S/C9H8FNO2/c1-13-9-6(4-11)2-3-7(5-12)8(9)10/h2-3,12H,5H2,1H3. The number of ether oxygens (including phenoxy) is 1. The lowest BCUT2D eigenvalue weighted by Crippen LogP contribution is -1.97. The van der Waals surface area contributed by atoms with Crippen molar-refractivity contribution in [3.8, 4) is 11.8 Å². The quantitative estimate of drug-likeness (QED) is 0.745. The maximum Gasteiger partial charge on any atom is 0.172 e. The third-order valence-corrected chi connectivity index (χ3v) is 1.67. The number of aliphatic hydroxyl groups excluding tert-OH is 1. The van der Waals surface area contributed by atoms with Gasteiger partial charge in [0.15, 0.2) is 11.6 Å². The van der Waals surface area contributed by atoms with E-state index in [1.807, 2.05) is 0 Å². The second kappa shape index (κ2) is 3.87. The van der Waals surface area contributed by atoms with E-state index >= 15 is 0 Å². The fourth-order valence-electron chi connectivity index (χ4n) is 1.01. The topological polar surface area (TPSA) is 53.2 Å². The highest BCUT2D eigenvalue weighted by Gasteiger charge is 2.12. The van der Waals surface area contributed by atoms with Crippen molar-refractivity contribution in [1.29, 1.82) is 5.26 Å². The number of methoxy groups -OCH3 is 1. The van der Waals surface area contributed by atoms with Crippen LogP contribution in [0.25, 0.3) is 0 Å². The third kappa shape index (κ3) is 1.60. The summed E-state index contributed by atoms with van der Waals surface area (Å²) in [7, 11) is 1.28. The molecule has 0 saturated heterocycles. The number of nitrogens with zero attached hydrogens (tertiary/aromatic N) is 1. The zero-order valence-electron chi connectivity index (χ0n) is 7.04. The van der Waals surface area contributed by atoms with E-state index in [1.165, 1.54) is 19.2 Å². The Morgan fingerprint density at radius 1 is 1.62 bits per heavy atom. The van der Waals surface area contributed by atoms with Crippen molar-refractivity contribution in [2.45, 2.75) is 6.61 Å². The lowest BCUT2D eigenvalue weighted by molar-refractivity contribution is 0.272. The average molecular weight is 181 g/mol. The van der Waals surface area contributed by atoms with Crippen LogP contribution in [0.3, 0.4) is 0 Å². The van der Waals surface area contributed by atoms with Gasteiger partial charge in [0.1, 0.15) is 6.07 Å². The van der Waals surface area contributed by atoms with E-state index in [0.717, 1.165) is 0 Å². The molecule has 0 aliphatic rings. The molecule has 0 unspecified atom stereocenters. The molecule has 13 heavy (non-hydrogen) atoms. The Hall–Kier alpha value is -1.60. The Kier molecular flexibility index (Phi) is 2.83. The second-order valence-electron chi connectivity index (χ2n) is 2.39. The summed E-state index contributed by atoms with van der Waals surface area (Å²) in [5, 5.41) is 17.3. The fraction of sp³-hybridized carbons (Fsp3) is 0.222. The highest BCUT2D eigenvalue weighted by atomic mass is 19.1. The molecule has 0 spiro atoms. The van der Waals surface area contributed by atoms with E-state index in [-0.39, 0.29) is 16.9 Å². The summed E-state index contributed by atoms with van der Waals surface area (Å²) in [4.78, 5) is 0. The van der Waals surface area contributed by atoms with Gasteiger partial charge >= 0.3 is 0 Å². The van der Waals surface area contributed by atoms with Gasteiger partial charge in [0.05, 0.1) is 19.3 Å². The van der Waals surface area contributed by atoms with Crippen LogP contribution in [0.2, 0.25) is 0 Å². The van der Waals surface area contributed by atoms with Crippen molar-refractivity contribution >= 4 is 0 Å². The Bertz CT molecular complexity index is 357.